The van der Waals surface area contributed by atoms with Crippen molar-refractivity contribution in [1.29, 1.82) is 0 Å². The zero-order valence-electron chi connectivity index (χ0n) is 7.52. The SMILES string of the molecule is CNC(=O)NC[C@H]1CCCNC1. The van der Waals surface area contributed by atoms with Crippen LogP contribution in [0.1, 0.15) is 12.8 Å². The molecule has 0 spiro atoms. The van der Waals surface area contributed by atoms with Crippen molar-refractivity contribution >= 4 is 6.03 Å². The van der Waals surface area contributed by atoms with Crippen molar-refractivity contribution in [1.82, 2.24) is 16.0 Å². The van der Waals surface area contributed by atoms with Crippen molar-refractivity contribution in [3.05, 3.63) is 0 Å². The Hall–Kier alpha value is -0.770. The molecule has 4 nitrogen and oxygen atoms in total. The van der Waals surface area contributed by atoms with Crippen LogP contribution in [-0.2, 0) is 0 Å². The van der Waals surface area contributed by atoms with Gasteiger partial charge in [-0.1, -0.05) is 0 Å². The zero-order valence-corrected chi connectivity index (χ0v) is 7.52. The van der Waals surface area contributed by atoms with Crippen LogP contribution >= 0.6 is 0 Å². The van der Waals surface area contributed by atoms with Gasteiger partial charge in [0.05, 0.1) is 0 Å². The average molecular weight is 171 g/mol. The number of hydrogen-bond acceptors (Lipinski definition) is 2. The van der Waals surface area contributed by atoms with E-state index in [9.17, 15) is 4.79 Å². The van der Waals surface area contributed by atoms with Crippen LogP contribution in [0.5, 0.6) is 0 Å². The van der Waals surface area contributed by atoms with Gasteiger partial charge in [-0.2, -0.15) is 0 Å². The summed E-state index contributed by atoms with van der Waals surface area (Å²) in [6, 6.07) is -0.0828. The fourth-order valence-electron chi connectivity index (χ4n) is 1.42. The second kappa shape index (κ2) is 4.98. The van der Waals surface area contributed by atoms with Crippen LogP contribution in [0.25, 0.3) is 0 Å². The Balaban J connectivity index is 2.09. The molecule has 0 bridgehead atoms. The molecule has 4 heteroatoms. The van der Waals surface area contributed by atoms with Gasteiger partial charge < -0.3 is 16.0 Å². The third-order valence-electron chi connectivity index (χ3n) is 2.18. The van der Waals surface area contributed by atoms with Gasteiger partial charge in [0.2, 0.25) is 0 Å². The molecule has 1 rings (SSSR count). The second-order valence-electron chi connectivity index (χ2n) is 3.17. The minimum atomic E-state index is -0.0828. The van der Waals surface area contributed by atoms with Crippen LogP contribution in [0, 0.1) is 5.92 Å². The first-order chi connectivity index (χ1) is 5.83. The molecule has 1 fully saturated rings. The van der Waals surface area contributed by atoms with Crippen LogP contribution in [0.4, 0.5) is 4.79 Å². The molecule has 1 aliphatic rings. The summed E-state index contributed by atoms with van der Waals surface area (Å²) in [7, 11) is 1.63. The first kappa shape index (κ1) is 9.32. The Labute approximate surface area is 73.1 Å². The number of nitrogens with one attached hydrogen (secondary N) is 3. The summed E-state index contributed by atoms with van der Waals surface area (Å²) in [5.74, 6) is 0.607. The fraction of sp³-hybridized carbons (Fsp3) is 0.875. The van der Waals surface area contributed by atoms with E-state index in [-0.39, 0.29) is 6.03 Å². The van der Waals surface area contributed by atoms with Gasteiger partial charge in [0.1, 0.15) is 0 Å². The maximum atomic E-state index is 10.8. The lowest BCUT2D eigenvalue weighted by Gasteiger charge is -2.22. The highest BCUT2D eigenvalue weighted by Crippen LogP contribution is 2.07. The van der Waals surface area contributed by atoms with Gasteiger partial charge in [-0.3, -0.25) is 0 Å². The van der Waals surface area contributed by atoms with E-state index in [4.69, 9.17) is 0 Å². The molecule has 0 aromatic heterocycles. The summed E-state index contributed by atoms with van der Waals surface area (Å²) < 4.78 is 0. The summed E-state index contributed by atoms with van der Waals surface area (Å²) in [5, 5.41) is 8.65. The van der Waals surface area contributed by atoms with Crippen LogP contribution in [-0.4, -0.2) is 32.7 Å². The summed E-state index contributed by atoms with van der Waals surface area (Å²) in [6.45, 7) is 2.94. The Morgan fingerprint density at radius 2 is 2.50 bits per heavy atom. The van der Waals surface area contributed by atoms with Crippen molar-refractivity contribution in [3.8, 4) is 0 Å². The Bertz CT molecular complexity index is 143. The molecule has 1 atom stereocenters. The number of amides is 2. The van der Waals surface area contributed by atoms with E-state index in [1.807, 2.05) is 0 Å². The average Bonchev–Trinajstić information content (AvgIpc) is 2.16. The molecule has 0 saturated carbocycles. The summed E-state index contributed by atoms with van der Waals surface area (Å²) >= 11 is 0. The third kappa shape index (κ3) is 3.09. The molecule has 1 saturated heterocycles. The van der Waals surface area contributed by atoms with Crippen LogP contribution in [0.15, 0.2) is 0 Å². The molecule has 12 heavy (non-hydrogen) atoms. The second-order valence-corrected chi connectivity index (χ2v) is 3.17. The highest BCUT2D eigenvalue weighted by molar-refractivity contribution is 5.73. The lowest BCUT2D eigenvalue weighted by molar-refractivity contribution is 0.239. The van der Waals surface area contributed by atoms with E-state index in [0.29, 0.717) is 5.92 Å². The number of urea groups is 1. The van der Waals surface area contributed by atoms with Gasteiger partial charge in [-0.25, -0.2) is 4.79 Å². The van der Waals surface area contributed by atoms with Crippen molar-refractivity contribution in [3.63, 3.8) is 0 Å². The maximum Gasteiger partial charge on any atom is 0.314 e. The smallest absolute Gasteiger partial charge is 0.314 e. The van der Waals surface area contributed by atoms with E-state index in [2.05, 4.69) is 16.0 Å². The molecule has 1 heterocycles. The molecule has 0 aromatic rings. The molecule has 0 radical (unpaired) electrons. The highest BCUT2D eigenvalue weighted by atomic mass is 16.2. The molecule has 0 unspecified atom stereocenters. The van der Waals surface area contributed by atoms with E-state index in [1.54, 1.807) is 7.05 Å². The summed E-state index contributed by atoms with van der Waals surface area (Å²) in [6.07, 6.45) is 2.44. The van der Waals surface area contributed by atoms with E-state index >= 15 is 0 Å². The Morgan fingerprint density at radius 3 is 3.08 bits per heavy atom. The van der Waals surface area contributed by atoms with Gasteiger partial charge in [0.15, 0.2) is 0 Å². The molecule has 0 aromatic carbocycles. The Kier molecular flexibility index (Phi) is 3.87. The lowest BCUT2D eigenvalue weighted by atomic mass is 10.00. The number of rotatable bonds is 2. The summed E-state index contributed by atoms with van der Waals surface area (Å²) in [4.78, 5) is 10.8. The lowest BCUT2D eigenvalue weighted by Crippen LogP contribution is -2.41. The number of hydrogen-bond donors (Lipinski definition) is 3. The quantitative estimate of drug-likeness (QED) is 0.544. The number of piperidine rings is 1. The zero-order chi connectivity index (χ0) is 8.81. The number of carbonyl (C=O) groups excluding carboxylic acids is 1. The molecule has 70 valence electrons. The van der Waals surface area contributed by atoms with Gasteiger partial charge in [0.25, 0.3) is 0 Å². The molecule has 0 aliphatic carbocycles. The monoisotopic (exact) mass is 171 g/mol. The van der Waals surface area contributed by atoms with Crippen molar-refractivity contribution in [2.75, 3.05) is 26.7 Å². The molecule has 1 aliphatic heterocycles. The minimum Gasteiger partial charge on any atom is -0.341 e. The molecule has 2 amide bonds. The maximum absolute atomic E-state index is 10.8. The first-order valence-corrected chi connectivity index (χ1v) is 4.49. The first-order valence-electron chi connectivity index (χ1n) is 4.49. The van der Waals surface area contributed by atoms with Crippen LogP contribution in [0.3, 0.4) is 0 Å². The fourth-order valence-corrected chi connectivity index (χ4v) is 1.42. The standard InChI is InChI=1S/C8H17N3O/c1-9-8(12)11-6-7-3-2-4-10-5-7/h7,10H,2-6H2,1H3,(H2,9,11,12)/t7-/m0/s1. The molecular weight excluding hydrogens is 154 g/mol. The van der Waals surface area contributed by atoms with E-state index in [1.165, 1.54) is 12.8 Å². The van der Waals surface area contributed by atoms with Crippen LogP contribution in [0.2, 0.25) is 0 Å². The largest absolute Gasteiger partial charge is 0.341 e. The topological polar surface area (TPSA) is 53.2 Å². The van der Waals surface area contributed by atoms with Crippen molar-refractivity contribution in [2.45, 2.75) is 12.8 Å². The summed E-state index contributed by atoms with van der Waals surface area (Å²) in [5.41, 5.74) is 0. The predicted octanol–water partition coefficient (Wildman–Crippen LogP) is -0.0850. The van der Waals surface area contributed by atoms with Gasteiger partial charge in [-0.05, 0) is 31.8 Å². The van der Waals surface area contributed by atoms with Gasteiger partial charge in [0, 0.05) is 13.6 Å². The minimum absolute atomic E-state index is 0.0828. The van der Waals surface area contributed by atoms with Crippen molar-refractivity contribution < 1.29 is 4.79 Å². The number of carbonyl (C=O) groups is 1. The molecule has 3 N–H and O–H groups in total. The van der Waals surface area contributed by atoms with Crippen molar-refractivity contribution in [2.24, 2.45) is 5.92 Å². The van der Waals surface area contributed by atoms with E-state index < -0.39 is 0 Å². The normalized spacial score (nSPS) is 23.2. The van der Waals surface area contributed by atoms with Crippen LogP contribution < -0.4 is 16.0 Å². The van der Waals surface area contributed by atoms with Gasteiger partial charge >= 0.3 is 6.03 Å². The molecular formula is C8H17N3O. The Morgan fingerprint density at radius 1 is 1.67 bits per heavy atom. The predicted molar refractivity (Wildman–Crippen MR) is 48.1 cm³/mol. The highest BCUT2D eigenvalue weighted by Gasteiger charge is 2.12. The third-order valence-corrected chi connectivity index (χ3v) is 2.18. The van der Waals surface area contributed by atoms with E-state index in [0.717, 1.165) is 19.6 Å². The van der Waals surface area contributed by atoms with Gasteiger partial charge in [-0.15, -0.1) is 0 Å².